The van der Waals surface area contributed by atoms with E-state index in [1.807, 2.05) is 13.0 Å². The lowest BCUT2D eigenvalue weighted by Crippen LogP contribution is -2.50. The molecule has 0 saturated carbocycles. The summed E-state index contributed by atoms with van der Waals surface area (Å²) in [7, 11) is 0. The van der Waals surface area contributed by atoms with Crippen LogP contribution in [0.2, 0.25) is 0 Å². The zero-order chi connectivity index (χ0) is 13.9. The fourth-order valence-corrected chi connectivity index (χ4v) is 3.31. The van der Waals surface area contributed by atoms with Gasteiger partial charge < -0.3 is 10.3 Å². The topological polar surface area (TPSA) is 69.8 Å². The van der Waals surface area contributed by atoms with Crippen LogP contribution in [0.25, 0.3) is 0 Å². The molecule has 20 heavy (non-hydrogen) atoms. The first-order valence-corrected chi connectivity index (χ1v) is 7.67. The van der Waals surface area contributed by atoms with E-state index in [2.05, 4.69) is 32.0 Å². The number of hydrogen-bond donors (Lipinski definition) is 3. The Hall–Kier alpha value is -1.66. The van der Waals surface area contributed by atoms with E-state index in [1.165, 1.54) is 4.88 Å². The normalized spacial score (nSPS) is 19.4. The van der Waals surface area contributed by atoms with Gasteiger partial charge in [0.2, 0.25) is 5.91 Å². The Kier molecular flexibility index (Phi) is 3.84. The Morgan fingerprint density at radius 1 is 1.65 bits per heavy atom. The van der Waals surface area contributed by atoms with Gasteiger partial charge in [-0.1, -0.05) is 6.07 Å². The first-order chi connectivity index (χ1) is 9.72. The van der Waals surface area contributed by atoms with Gasteiger partial charge in [-0.15, -0.1) is 11.3 Å². The van der Waals surface area contributed by atoms with E-state index in [4.69, 9.17) is 0 Å². The van der Waals surface area contributed by atoms with Crippen LogP contribution in [0.3, 0.4) is 0 Å². The molecule has 3 N–H and O–H groups in total. The summed E-state index contributed by atoms with van der Waals surface area (Å²) in [4.78, 5) is 20.9. The molecule has 0 fully saturated rings. The number of carbonyl (C=O) groups excluding carboxylic acids is 1. The Morgan fingerprint density at radius 3 is 3.35 bits per heavy atom. The number of imidazole rings is 1. The maximum atomic E-state index is 12.3. The quantitative estimate of drug-likeness (QED) is 0.793. The number of fused-ring (bicyclic) bond motifs is 1. The van der Waals surface area contributed by atoms with Gasteiger partial charge >= 0.3 is 0 Å². The number of thiophene rings is 1. The zero-order valence-electron chi connectivity index (χ0n) is 11.3. The van der Waals surface area contributed by atoms with Crippen LogP contribution >= 0.6 is 11.3 Å². The van der Waals surface area contributed by atoms with Crippen LogP contribution in [0.5, 0.6) is 0 Å². The molecular weight excluding hydrogens is 272 g/mol. The van der Waals surface area contributed by atoms with Crippen molar-refractivity contribution >= 4 is 17.2 Å². The fourth-order valence-electron chi connectivity index (χ4n) is 2.48. The van der Waals surface area contributed by atoms with Gasteiger partial charge in [0, 0.05) is 30.3 Å². The number of aromatic nitrogens is 2. The van der Waals surface area contributed by atoms with Crippen molar-refractivity contribution in [3.63, 3.8) is 0 Å². The third-order valence-electron chi connectivity index (χ3n) is 3.52. The third kappa shape index (κ3) is 2.91. The van der Waals surface area contributed by atoms with Crippen molar-refractivity contribution in [3.8, 4) is 0 Å². The second kappa shape index (κ2) is 5.76. The van der Waals surface area contributed by atoms with Crippen LogP contribution in [0, 0.1) is 0 Å². The standard InChI is InChI=1S/C14H18N4OS/c1-9(5-10-3-2-4-20-10)18-14(19)12-6-11-13(7-15-12)17-8-16-11/h2-4,8-9,12,15H,5-7H2,1H3,(H,16,17)(H,18,19). The minimum absolute atomic E-state index is 0.0581. The second-order valence-corrected chi connectivity index (χ2v) is 6.19. The summed E-state index contributed by atoms with van der Waals surface area (Å²) in [5, 5.41) is 8.38. The Labute approximate surface area is 121 Å². The van der Waals surface area contributed by atoms with Gasteiger partial charge in [0.05, 0.1) is 23.8 Å². The predicted octanol–water partition coefficient (Wildman–Crippen LogP) is 1.23. The van der Waals surface area contributed by atoms with E-state index in [1.54, 1.807) is 17.7 Å². The van der Waals surface area contributed by atoms with Crippen LogP contribution in [0.15, 0.2) is 23.8 Å². The van der Waals surface area contributed by atoms with Gasteiger partial charge in [-0.2, -0.15) is 0 Å². The van der Waals surface area contributed by atoms with Gasteiger partial charge in [-0.3, -0.25) is 10.1 Å². The monoisotopic (exact) mass is 290 g/mol. The van der Waals surface area contributed by atoms with Gasteiger partial charge in [0.15, 0.2) is 0 Å². The van der Waals surface area contributed by atoms with E-state index in [9.17, 15) is 4.79 Å². The molecule has 3 rings (SSSR count). The van der Waals surface area contributed by atoms with E-state index in [0.717, 1.165) is 17.8 Å². The number of nitrogens with one attached hydrogen (secondary N) is 3. The van der Waals surface area contributed by atoms with Gasteiger partial charge in [-0.25, -0.2) is 4.98 Å². The van der Waals surface area contributed by atoms with Crippen molar-refractivity contribution in [1.82, 2.24) is 20.6 Å². The van der Waals surface area contributed by atoms with Crippen LogP contribution < -0.4 is 10.6 Å². The van der Waals surface area contributed by atoms with Crippen molar-refractivity contribution < 1.29 is 4.79 Å². The minimum atomic E-state index is -0.184. The van der Waals surface area contributed by atoms with E-state index >= 15 is 0 Å². The van der Waals surface area contributed by atoms with Crippen molar-refractivity contribution in [3.05, 3.63) is 40.1 Å². The smallest absolute Gasteiger partial charge is 0.237 e. The highest BCUT2D eigenvalue weighted by molar-refractivity contribution is 7.09. The average molecular weight is 290 g/mol. The van der Waals surface area contributed by atoms with Gasteiger partial charge in [0.25, 0.3) is 0 Å². The zero-order valence-corrected chi connectivity index (χ0v) is 12.2. The van der Waals surface area contributed by atoms with E-state index < -0.39 is 0 Å². The molecule has 2 unspecified atom stereocenters. The number of carbonyl (C=O) groups is 1. The van der Waals surface area contributed by atoms with Crippen molar-refractivity contribution in [2.24, 2.45) is 0 Å². The third-order valence-corrected chi connectivity index (χ3v) is 4.42. The molecule has 106 valence electrons. The van der Waals surface area contributed by atoms with Gasteiger partial charge in [0.1, 0.15) is 0 Å². The molecule has 1 aliphatic heterocycles. The molecular formula is C14H18N4OS. The highest BCUT2D eigenvalue weighted by Gasteiger charge is 2.26. The summed E-state index contributed by atoms with van der Waals surface area (Å²) in [6.07, 6.45) is 3.21. The summed E-state index contributed by atoms with van der Waals surface area (Å²) >= 11 is 1.72. The second-order valence-electron chi connectivity index (χ2n) is 5.16. The molecule has 0 bridgehead atoms. The Bertz CT molecular complexity index is 578. The van der Waals surface area contributed by atoms with E-state index in [-0.39, 0.29) is 18.0 Å². The predicted molar refractivity (Wildman–Crippen MR) is 78.5 cm³/mol. The van der Waals surface area contributed by atoms with Crippen molar-refractivity contribution in [2.75, 3.05) is 0 Å². The number of amides is 1. The SMILES string of the molecule is CC(Cc1cccs1)NC(=O)C1Cc2nc[nH]c2CN1. The Balaban J connectivity index is 1.54. The maximum absolute atomic E-state index is 12.3. The maximum Gasteiger partial charge on any atom is 0.237 e. The molecule has 6 heteroatoms. The van der Waals surface area contributed by atoms with Crippen LogP contribution in [-0.4, -0.2) is 28.0 Å². The summed E-state index contributed by atoms with van der Waals surface area (Å²) in [6.45, 7) is 2.72. The molecule has 2 aromatic rings. The number of rotatable bonds is 4. The van der Waals surface area contributed by atoms with E-state index in [0.29, 0.717) is 13.0 Å². The van der Waals surface area contributed by atoms with Crippen molar-refractivity contribution in [2.45, 2.75) is 38.4 Å². The number of nitrogens with zero attached hydrogens (tertiary/aromatic N) is 1. The molecule has 0 saturated heterocycles. The number of aromatic amines is 1. The molecule has 2 aromatic heterocycles. The lowest BCUT2D eigenvalue weighted by molar-refractivity contribution is -0.123. The summed E-state index contributed by atoms with van der Waals surface area (Å²) in [5.74, 6) is 0.0581. The van der Waals surface area contributed by atoms with Crippen molar-refractivity contribution in [1.29, 1.82) is 0 Å². The lowest BCUT2D eigenvalue weighted by Gasteiger charge is -2.24. The molecule has 0 radical (unpaired) electrons. The van der Waals surface area contributed by atoms with Gasteiger partial charge in [-0.05, 0) is 18.4 Å². The van der Waals surface area contributed by atoms with Crippen LogP contribution in [0.1, 0.15) is 23.2 Å². The average Bonchev–Trinajstić information content (AvgIpc) is 3.07. The largest absolute Gasteiger partial charge is 0.352 e. The minimum Gasteiger partial charge on any atom is -0.352 e. The summed E-state index contributed by atoms with van der Waals surface area (Å²) in [6, 6.07) is 4.10. The molecule has 0 aromatic carbocycles. The fraction of sp³-hybridized carbons (Fsp3) is 0.429. The first kappa shape index (κ1) is 13.3. The lowest BCUT2D eigenvalue weighted by atomic mass is 10.0. The molecule has 1 amide bonds. The molecule has 0 spiro atoms. The molecule has 3 heterocycles. The summed E-state index contributed by atoms with van der Waals surface area (Å²) in [5.41, 5.74) is 2.08. The Morgan fingerprint density at radius 2 is 2.55 bits per heavy atom. The van der Waals surface area contributed by atoms with Crippen LogP contribution in [0.4, 0.5) is 0 Å². The molecule has 1 aliphatic rings. The summed E-state index contributed by atoms with van der Waals surface area (Å²) < 4.78 is 0. The molecule has 0 aliphatic carbocycles. The first-order valence-electron chi connectivity index (χ1n) is 6.79. The number of hydrogen-bond acceptors (Lipinski definition) is 4. The van der Waals surface area contributed by atoms with Crippen LogP contribution in [-0.2, 0) is 24.2 Å². The molecule has 2 atom stereocenters. The highest BCUT2D eigenvalue weighted by atomic mass is 32.1. The highest BCUT2D eigenvalue weighted by Crippen LogP contribution is 2.13. The number of H-pyrrole nitrogens is 1. The molecule has 5 nitrogen and oxygen atoms in total.